The lowest BCUT2D eigenvalue weighted by atomic mass is 10.1. The molecule has 0 bridgehead atoms. The summed E-state index contributed by atoms with van der Waals surface area (Å²) in [7, 11) is 1.34. The number of aliphatic hydroxyl groups excluding tert-OH is 1. The van der Waals surface area contributed by atoms with Gasteiger partial charge in [0.1, 0.15) is 5.60 Å². The molecule has 0 aromatic carbocycles. The van der Waals surface area contributed by atoms with E-state index >= 15 is 0 Å². The maximum absolute atomic E-state index is 11.5. The van der Waals surface area contributed by atoms with Gasteiger partial charge in [0.25, 0.3) is 0 Å². The lowest BCUT2D eigenvalue weighted by molar-refractivity contribution is -0.142. The number of rotatable bonds is 5. The number of carbonyl (C=O) groups excluding carboxylic acids is 2. The molecule has 1 fully saturated rings. The number of aliphatic hydroxyl groups is 1. The van der Waals surface area contributed by atoms with Crippen molar-refractivity contribution in [3.8, 4) is 0 Å². The summed E-state index contributed by atoms with van der Waals surface area (Å²) in [6.07, 6.45) is 0.335. The Bertz CT molecular complexity index is 367. The molecule has 1 heterocycles. The van der Waals surface area contributed by atoms with Crippen molar-refractivity contribution in [1.29, 1.82) is 0 Å². The SMILES string of the molecule is COC(=O)CN1C[C@H](O)C[C@@H]1CCNC(=O)OC(C)(C)C. The van der Waals surface area contributed by atoms with Crippen molar-refractivity contribution >= 4 is 12.1 Å². The first-order valence-corrected chi connectivity index (χ1v) is 7.17. The second-order valence-electron chi connectivity index (χ2n) is 6.27. The van der Waals surface area contributed by atoms with Gasteiger partial charge in [0.05, 0.1) is 19.8 Å². The molecule has 1 aliphatic rings. The van der Waals surface area contributed by atoms with E-state index in [0.717, 1.165) is 0 Å². The minimum Gasteiger partial charge on any atom is -0.468 e. The number of nitrogens with zero attached hydrogens (tertiary/aromatic N) is 1. The normalized spacial score (nSPS) is 22.9. The quantitative estimate of drug-likeness (QED) is 0.719. The van der Waals surface area contributed by atoms with Crippen molar-refractivity contribution in [2.45, 2.75) is 51.4 Å². The number of nitrogens with one attached hydrogen (secondary N) is 1. The van der Waals surface area contributed by atoms with E-state index in [1.165, 1.54) is 7.11 Å². The third-order valence-electron chi connectivity index (χ3n) is 3.21. The number of ether oxygens (including phenoxy) is 2. The van der Waals surface area contributed by atoms with Crippen molar-refractivity contribution in [3.05, 3.63) is 0 Å². The summed E-state index contributed by atoms with van der Waals surface area (Å²) in [5.41, 5.74) is -0.523. The highest BCUT2D eigenvalue weighted by atomic mass is 16.6. The number of likely N-dealkylation sites (tertiary alicyclic amines) is 1. The van der Waals surface area contributed by atoms with E-state index in [9.17, 15) is 14.7 Å². The molecule has 7 nitrogen and oxygen atoms in total. The smallest absolute Gasteiger partial charge is 0.407 e. The zero-order valence-electron chi connectivity index (χ0n) is 13.2. The number of amides is 1. The van der Waals surface area contributed by atoms with Crippen molar-refractivity contribution in [2.75, 3.05) is 26.7 Å². The van der Waals surface area contributed by atoms with Gasteiger partial charge in [-0.05, 0) is 33.6 Å². The second-order valence-corrected chi connectivity index (χ2v) is 6.27. The summed E-state index contributed by atoms with van der Waals surface area (Å²) < 4.78 is 9.79. The van der Waals surface area contributed by atoms with E-state index in [1.54, 1.807) is 20.8 Å². The third kappa shape index (κ3) is 6.77. The lowest BCUT2D eigenvalue weighted by Crippen LogP contribution is -2.38. The van der Waals surface area contributed by atoms with Crippen LogP contribution in [0.2, 0.25) is 0 Å². The van der Waals surface area contributed by atoms with Crippen molar-refractivity contribution < 1.29 is 24.2 Å². The fourth-order valence-electron chi connectivity index (χ4n) is 2.34. The van der Waals surface area contributed by atoms with Crippen LogP contribution >= 0.6 is 0 Å². The number of β-amino-alcohol motifs (C(OH)–C–C–N with tert-alkyl or cyclic N) is 1. The van der Waals surface area contributed by atoms with Gasteiger partial charge in [0, 0.05) is 19.1 Å². The molecule has 122 valence electrons. The fraction of sp³-hybridized carbons (Fsp3) is 0.857. The minimum absolute atomic E-state index is 0.0500. The fourth-order valence-corrected chi connectivity index (χ4v) is 2.34. The van der Waals surface area contributed by atoms with E-state index in [4.69, 9.17) is 4.74 Å². The maximum atomic E-state index is 11.5. The Morgan fingerprint density at radius 1 is 1.38 bits per heavy atom. The largest absolute Gasteiger partial charge is 0.468 e. The van der Waals surface area contributed by atoms with Crippen LogP contribution in [-0.2, 0) is 14.3 Å². The number of esters is 1. The number of hydrogen-bond donors (Lipinski definition) is 2. The maximum Gasteiger partial charge on any atom is 0.407 e. The molecule has 2 N–H and O–H groups in total. The average molecular weight is 302 g/mol. The van der Waals surface area contributed by atoms with Gasteiger partial charge in [-0.3, -0.25) is 9.69 Å². The number of carbonyl (C=O) groups is 2. The standard InChI is InChI=1S/C14H26N2O5/c1-14(2,3)21-13(19)15-6-5-10-7-11(17)8-16(10)9-12(18)20-4/h10-11,17H,5-9H2,1-4H3,(H,15,19)/t10-,11+/m0/s1. The van der Waals surface area contributed by atoms with Crippen LogP contribution in [0.3, 0.4) is 0 Å². The van der Waals surface area contributed by atoms with Gasteiger partial charge < -0.3 is 19.9 Å². The van der Waals surface area contributed by atoms with Crippen molar-refractivity contribution in [2.24, 2.45) is 0 Å². The highest BCUT2D eigenvalue weighted by Crippen LogP contribution is 2.20. The van der Waals surface area contributed by atoms with E-state index in [2.05, 4.69) is 10.1 Å². The van der Waals surface area contributed by atoms with E-state index in [-0.39, 0.29) is 18.6 Å². The Kier molecular flexibility index (Phi) is 6.42. The van der Waals surface area contributed by atoms with Crippen LogP contribution in [-0.4, -0.2) is 66.6 Å². The zero-order chi connectivity index (χ0) is 16.0. The summed E-state index contributed by atoms with van der Waals surface area (Å²) in [5, 5.41) is 12.4. The summed E-state index contributed by atoms with van der Waals surface area (Å²) in [4.78, 5) is 24.7. The van der Waals surface area contributed by atoms with E-state index in [1.807, 2.05) is 4.90 Å². The molecule has 0 saturated carbocycles. The van der Waals surface area contributed by atoms with Crippen molar-refractivity contribution in [3.63, 3.8) is 0 Å². The molecule has 1 saturated heterocycles. The molecule has 0 radical (unpaired) electrons. The predicted octanol–water partition coefficient (Wildman–Crippen LogP) is 0.509. The first kappa shape index (κ1) is 17.7. The first-order valence-electron chi connectivity index (χ1n) is 7.17. The molecule has 1 aliphatic heterocycles. The minimum atomic E-state index is -0.523. The van der Waals surface area contributed by atoms with Crippen LogP contribution in [0.5, 0.6) is 0 Å². The molecule has 1 amide bonds. The molecule has 7 heteroatoms. The van der Waals surface area contributed by atoms with Gasteiger partial charge in [-0.1, -0.05) is 0 Å². The van der Waals surface area contributed by atoms with Crippen LogP contribution < -0.4 is 5.32 Å². The summed E-state index contributed by atoms with van der Waals surface area (Å²) in [5.74, 6) is -0.325. The second kappa shape index (κ2) is 7.61. The highest BCUT2D eigenvalue weighted by Gasteiger charge is 2.32. The summed E-state index contributed by atoms with van der Waals surface area (Å²) in [6, 6.07) is 0.0500. The van der Waals surface area contributed by atoms with Gasteiger partial charge in [-0.25, -0.2) is 4.79 Å². The Balaban J connectivity index is 2.35. The molecule has 0 aliphatic carbocycles. The van der Waals surface area contributed by atoms with Gasteiger partial charge in [-0.2, -0.15) is 0 Å². The number of hydrogen-bond acceptors (Lipinski definition) is 6. The van der Waals surface area contributed by atoms with Crippen molar-refractivity contribution in [1.82, 2.24) is 10.2 Å². The van der Waals surface area contributed by atoms with Crippen LogP contribution in [0, 0.1) is 0 Å². The molecular formula is C14H26N2O5. The monoisotopic (exact) mass is 302 g/mol. The predicted molar refractivity (Wildman–Crippen MR) is 76.9 cm³/mol. The highest BCUT2D eigenvalue weighted by molar-refractivity contribution is 5.71. The Morgan fingerprint density at radius 3 is 2.62 bits per heavy atom. The number of alkyl carbamates (subject to hydrolysis) is 1. The number of methoxy groups -OCH3 is 1. The van der Waals surface area contributed by atoms with Gasteiger partial charge >= 0.3 is 12.1 Å². The molecule has 0 aromatic heterocycles. The van der Waals surface area contributed by atoms with Crippen LogP contribution in [0.1, 0.15) is 33.6 Å². The lowest BCUT2D eigenvalue weighted by Gasteiger charge is -2.23. The molecular weight excluding hydrogens is 276 g/mol. The molecule has 0 spiro atoms. The van der Waals surface area contributed by atoms with Crippen LogP contribution in [0.4, 0.5) is 4.79 Å². The van der Waals surface area contributed by atoms with Gasteiger partial charge in [0.15, 0.2) is 0 Å². The topological polar surface area (TPSA) is 88.1 Å². The Hall–Kier alpha value is -1.34. The average Bonchev–Trinajstić information content (AvgIpc) is 2.67. The van der Waals surface area contributed by atoms with E-state index < -0.39 is 17.8 Å². The first-order chi connectivity index (χ1) is 9.71. The molecule has 0 aromatic rings. The zero-order valence-corrected chi connectivity index (χ0v) is 13.2. The van der Waals surface area contributed by atoms with Crippen LogP contribution in [0.25, 0.3) is 0 Å². The Labute approximate surface area is 125 Å². The van der Waals surface area contributed by atoms with Gasteiger partial charge in [0.2, 0.25) is 0 Å². The molecule has 1 rings (SSSR count). The Morgan fingerprint density at radius 2 is 2.05 bits per heavy atom. The third-order valence-corrected chi connectivity index (χ3v) is 3.21. The molecule has 2 atom stereocenters. The van der Waals surface area contributed by atoms with Gasteiger partial charge in [-0.15, -0.1) is 0 Å². The molecule has 21 heavy (non-hydrogen) atoms. The summed E-state index contributed by atoms with van der Waals surface area (Å²) >= 11 is 0. The molecule has 0 unspecified atom stereocenters. The van der Waals surface area contributed by atoms with Crippen LogP contribution in [0.15, 0.2) is 0 Å². The van der Waals surface area contributed by atoms with E-state index in [0.29, 0.717) is 25.9 Å². The summed E-state index contributed by atoms with van der Waals surface area (Å²) in [6.45, 7) is 6.45.